The minimum absolute atomic E-state index is 0.0467. The maximum absolute atomic E-state index is 11.8. The van der Waals surface area contributed by atoms with Gasteiger partial charge in [0.15, 0.2) is 0 Å². The number of carbonyl (C=O) groups is 2. The molecule has 0 spiro atoms. The van der Waals surface area contributed by atoms with Gasteiger partial charge in [-0.05, 0) is 38.6 Å². The van der Waals surface area contributed by atoms with Crippen LogP contribution in [0.2, 0.25) is 0 Å². The first-order valence-electron chi connectivity index (χ1n) is 6.80. The van der Waals surface area contributed by atoms with Gasteiger partial charge in [-0.1, -0.05) is 6.92 Å². The van der Waals surface area contributed by atoms with Gasteiger partial charge in [-0.25, -0.2) is 0 Å². The molecule has 1 aliphatic heterocycles. The highest BCUT2D eigenvalue weighted by Gasteiger charge is 2.23. The molecule has 2 N–H and O–H groups in total. The van der Waals surface area contributed by atoms with Gasteiger partial charge >= 0.3 is 5.97 Å². The Hall–Kier alpha value is -1.10. The molecule has 0 aromatic carbocycles. The van der Waals surface area contributed by atoms with E-state index in [0.717, 1.165) is 19.4 Å². The van der Waals surface area contributed by atoms with Crippen molar-refractivity contribution in [2.24, 2.45) is 5.92 Å². The fourth-order valence-corrected chi connectivity index (χ4v) is 2.11. The monoisotopic (exact) mass is 256 g/mol. The van der Waals surface area contributed by atoms with E-state index in [1.165, 1.54) is 0 Å². The Labute approximate surface area is 109 Å². The van der Waals surface area contributed by atoms with Gasteiger partial charge in [0.2, 0.25) is 5.91 Å². The minimum Gasteiger partial charge on any atom is -0.466 e. The number of esters is 1. The zero-order valence-corrected chi connectivity index (χ0v) is 11.3. The summed E-state index contributed by atoms with van der Waals surface area (Å²) in [5.41, 5.74) is 0. The van der Waals surface area contributed by atoms with E-state index >= 15 is 0 Å². The second-order valence-electron chi connectivity index (χ2n) is 4.84. The standard InChI is InChI=1S/C13H24N2O3/c1-3-18-12(16)5-4-7-15-13(17)11-9-10(2)6-8-14-11/h10-11,14H,3-9H2,1-2H3,(H,15,17). The van der Waals surface area contributed by atoms with E-state index in [1.807, 2.05) is 0 Å². The molecule has 1 heterocycles. The molecule has 5 heteroatoms. The summed E-state index contributed by atoms with van der Waals surface area (Å²) in [5, 5.41) is 6.08. The van der Waals surface area contributed by atoms with Crippen molar-refractivity contribution >= 4 is 11.9 Å². The minimum atomic E-state index is -0.198. The number of rotatable bonds is 6. The first-order valence-corrected chi connectivity index (χ1v) is 6.80. The number of nitrogens with one attached hydrogen (secondary N) is 2. The zero-order valence-electron chi connectivity index (χ0n) is 11.3. The topological polar surface area (TPSA) is 67.4 Å². The molecule has 2 atom stereocenters. The Morgan fingerprint density at radius 3 is 2.89 bits per heavy atom. The number of carbonyl (C=O) groups excluding carboxylic acids is 2. The molecule has 0 bridgehead atoms. The molecule has 0 aliphatic carbocycles. The van der Waals surface area contributed by atoms with Gasteiger partial charge in [-0.3, -0.25) is 9.59 Å². The van der Waals surface area contributed by atoms with Crippen LogP contribution >= 0.6 is 0 Å². The van der Waals surface area contributed by atoms with Crippen LogP contribution in [0.15, 0.2) is 0 Å². The molecule has 5 nitrogen and oxygen atoms in total. The van der Waals surface area contributed by atoms with E-state index < -0.39 is 0 Å². The number of amides is 1. The van der Waals surface area contributed by atoms with Gasteiger partial charge in [0.05, 0.1) is 12.6 Å². The van der Waals surface area contributed by atoms with Gasteiger partial charge in [0, 0.05) is 13.0 Å². The molecule has 1 amide bonds. The summed E-state index contributed by atoms with van der Waals surface area (Å²) in [4.78, 5) is 22.9. The number of ether oxygens (including phenoxy) is 1. The summed E-state index contributed by atoms with van der Waals surface area (Å²) in [6.45, 7) is 5.80. The number of hydrogen-bond donors (Lipinski definition) is 2. The van der Waals surface area contributed by atoms with E-state index in [2.05, 4.69) is 17.6 Å². The summed E-state index contributed by atoms with van der Waals surface area (Å²) in [6, 6.07) is -0.0728. The number of piperidine rings is 1. The van der Waals surface area contributed by atoms with Crippen molar-refractivity contribution < 1.29 is 14.3 Å². The van der Waals surface area contributed by atoms with Crippen LogP contribution < -0.4 is 10.6 Å². The van der Waals surface area contributed by atoms with Crippen molar-refractivity contribution in [2.45, 2.75) is 45.6 Å². The highest BCUT2D eigenvalue weighted by atomic mass is 16.5. The van der Waals surface area contributed by atoms with Crippen LogP contribution in [0.5, 0.6) is 0 Å². The predicted octanol–water partition coefficient (Wildman–Crippen LogP) is 0.834. The van der Waals surface area contributed by atoms with E-state index in [0.29, 0.717) is 31.9 Å². The Kier molecular flexibility index (Phi) is 6.72. The summed E-state index contributed by atoms with van der Waals surface area (Å²) in [7, 11) is 0. The summed E-state index contributed by atoms with van der Waals surface area (Å²) in [6.07, 6.45) is 3.02. The van der Waals surface area contributed by atoms with Crippen molar-refractivity contribution in [3.63, 3.8) is 0 Å². The van der Waals surface area contributed by atoms with Crippen molar-refractivity contribution in [3.8, 4) is 0 Å². The molecule has 0 radical (unpaired) electrons. The molecular weight excluding hydrogens is 232 g/mol. The third kappa shape index (κ3) is 5.49. The van der Waals surface area contributed by atoms with E-state index in [4.69, 9.17) is 4.74 Å². The highest BCUT2D eigenvalue weighted by molar-refractivity contribution is 5.81. The van der Waals surface area contributed by atoms with Gasteiger partial charge < -0.3 is 15.4 Å². The molecule has 0 aromatic rings. The molecule has 1 fully saturated rings. The Morgan fingerprint density at radius 1 is 1.44 bits per heavy atom. The van der Waals surface area contributed by atoms with Crippen molar-refractivity contribution in [2.75, 3.05) is 19.7 Å². The van der Waals surface area contributed by atoms with Gasteiger partial charge in [0.1, 0.15) is 0 Å². The molecule has 2 unspecified atom stereocenters. The summed E-state index contributed by atoms with van der Waals surface area (Å²) >= 11 is 0. The Bertz CT molecular complexity index is 281. The number of hydrogen-bond acceptors (Lipinski definition) is 4. The third-order valence-corrected chi connectivity index (χ3v) is 3.14. The third-order valence-electron chi connectivity index (χ3n) is 3.14. The molecular formula is C13H24N2O3. The van der Waals surface area contributed by atoms with Gasteiger partial charge in [0.25, 0.3) is 0 Å². The smallest absolute Gasteiger partial charge is 0.305 e. The first-order chi connectivity index (χ1) is 8.63. The largest absolute Gasteiger partial charge is 0.466 e. The van der Waals surface area contributed by atoms with Crippen molar-refractivity contribution in [3.05, 3.63) is 0 Å². The maximum Gasteiger partial charge on any atom is 0.305 e. The molecule has 0 aromatic heterocycles. The lowest BCUT2D eigenvalue weighted by Crippen LogP contribution is -2.48. The van der Waals surface area contributed by atoms with Crippen LogP contribution in [0.25, 0.3) is 0 Å². The van der Waals surface area contributed by atoms with Crippen LogP contribution in [-0.4, -0.2) is 37.6 Å². The van der Waals surface area contributed by atoms with Crippen LogP contribution in [0, 0.1) is 5.92 Å². The van der Waals surface area contributed by atoms with Crippen molar-refractivity contribution in [1.29, 1.82) is 0 Å². The molecule has 1 saturated heterocycles. The lowest BCUT2D eigenvalue weighted by molar-refractivity contribution is -0.143. The highest BCUT2D eigenvalue weighted by Crippen LogP contribution is 2.14. The van der Waals surface area contributed by atoms with Crippen LogP contribution in [0.3, 0.4) is 0 Å². The quantitative estimate of drug-likeness (QED) is 0.546. The fraction of sp³-hybridized carbons (Fsp3) is 0.846. The molecule has 1 aliphatic rings. The van der Waals surface area contributed by atoms with Gasteiger partial charge in [-0.2, -0.15) is 0 Å². The first kappa shape index (κ1) is 15.0. The zero-order chi connectivity index (χ0) is 13.4. The Morgan fingerprint density at radius 2 is 2.22 bits per heavy atom. The fourth-order valence-electron chi connectivity index (χ4n) is 2.11. The second-order valence-corrected chi connectivity index (χ2v) is 4.84. The van der Waals surface area contributed by atoms with Gasteiger partial charge in [-0.15, -0.1) is 0 Å². The predicted molar refractivity (Wildman–Crippen MR) is 69.1 cm³/mol. The van der Waals surface area contributed by atoms with Crippen LogP contribution in [0.1, 0.15) is 39.5 Å². The molecule has 18 heavy (non-hydrogen) atoms. The van der Waals surface area contributed by atoms with E-state index in [-0.39, 0.29) is 17.9 Å². The Balaban J connectivity index is 2.11. The molecule has 1 rings (SSSR count). The summed E-state index contributed by atoms with van der Waals surface area (Å²) in [5.74, 6) is 0.447. The van der Waals surface area contributed by atoms with Crippen molar-refractivity contribution in [1.82, 2.24) is 10.6 Å². The normalized spacial score (nSPS) is 23.4. The molecule has 104 valence electrons. The average Bonchev–Trinajstić information content (AvgIpc) is 2.35. The molecule has 0 saturated carbocycles. The van der Waals surface area contributed by atoms with Crippen LogP contribution in [0.4, 0.5) is 0 Å². The second kappa shape index (κ2) is 8.08. The lowest BCUT2D eigenvalue weighted by Gasteiger charge is -2.27. The average molecular weight is 256 g/mol. The van der Waals surface area contributed by atoms with E-state index in [1.54, 1.807) is 6.92 Å². The lowest BCUT2D eigenvalue weighted by atomic mass is 9.94. The SMILES string of the molecule is CCOC(=O)CCCNC(=O)C1CC(C)CCN1. The van der Waals surface area contributed by atoms with Crippen LogP contribution in [-0.2, 0) is 14.3 Å². The summed E-state index contributed by atoms with van der Waals surface area (Å²) < 4.78 is 4.82. The maximum atomic E-state index is 11.8. The van der Waals surface area contributed by atoms with E-state index in [9.17, 15) is 9.59 Å².